The smallest absolute Gasteiger partial charge is 0.119 e. The summed E-state index contributed by atoms with van der Waals surface area (Å²) in [5.41, 5.74) is 4.97. The van der Waals surface area contributed by atoms with Crippen LogP contribution in [-0.4, -0.2) is 10.2 Å². The van der Waals surface area contributed by atoms with E-state index in [9.17, 15) is 10.2 Å². The predicted octanol–water partition coefficient (Wildman–Crippen LogP) is 4.89. The second-order valence-electron chi connectivity index (χ2n) is 5.95. The van der Waals surface area contributed by atoms with Crippen LogP contribution in [-0.2, 0) is 0 Å². The zero-order valence-electron chi connectivity index (χ0n) is 13.3. The third-order valence-corrected chi connectivity index (χ3v) is 4.18. The van der Waals surface area contributed by atoms with Gasteiger partial charge < -0.3 is 10.2 Å². The Bertz CT molecular complexity index is 823. The van der Waals surface area contributed by atoms with Gasteiger partial charge in [-0.25, -0.2) is 0 Å². The molecule has 0 aromatic heterocycles. The molecule has 3 rings (SSSR count). The van der Waals surface area contributed by atoms with Crippen LogP contribution in [0.4, 0.5) is 0 Å². The SMILES string of the molecule is Cc1ccc(O)c(C(c2ccccc2)c2ccc(O)c(C)c2)c1. The molecular formula is C21H20O2. The summed E-state index contributed by atoms with van der Waals surface area (Å²) >= 11 is 0. The standard InChI is InChI=1S/C21H20O2/c1-14-8-10-20(23)18(12-14)21(16-6-4-3-5-7-16)17-9-11-19(22)15(2)13-17/h3-13,21-23H,1-2H3. The highest BCUT2D eigenvalue weighted by molar-refractivity contribution is 5.51. The summed E-state index contributed by atoms with van der Waals surface area (Å²) in [7, 11) is 0. The summed E-state index contributed by atoms with van der Waals surface area (Å²) in [6, 6.07) is 21.4. The van der Waals surface area contributed by atoms with Crippen LogP contribution in [0.25, 0.3) is 0 Å². The van der Waals surface area contributed by atoms with Crippen molar-refractivity contribution in [2.24, 2.45) is 0 Å². The van der Waals surface area contributed by atoms with Gasteiger partial charge in [0.1, 0.15) is 11.5 Å². The van der Waals surface area contributed by atoms with Crippen LogP contribution >= 0.6 is 0 Å². The molecular weight excluding hydrogens is 284 g/mol. The molecule has 2 nitrogen and oxygen atoms in total. The molecule has 0 aliphatic rings. The molecule has 0 aliphatic carbocycles. The molecule has 0 saturated heterocycles. The number of benzene rings is 3. The lowest BCUT2D eigenvalue weighted by Gasteiger charge is -2.21. The topological polar surface area (TPSA) is 40.5 Å². The number of phenols is 2. The minimum absolute atomic E-state index is 0.0737. The van der Waals surface area contributed by atoms with Crippen molar-refractivity contribution in [3.05, 3.63) is 94.5 Å². The number of rotatable bonds is 3. The van der Waals surface area contributed by atoms with Gasteiger partial charge in [-0.3, -0.25) is 0 Å². The van der Waals surface area contributed by atoms with Gasteiger partial charge in [-0.2, -0.15) is 0 Å². The fraction of sp³-hybridized carbons (Fsp3) is 0.143. The highest BCUT2D eigenvalue weighted by Crippen LogP contribution is 2.38. The van der Waals surface area contributed by atoms with Crippen molar-refractivity contribution >= 4 is 0 Å². The minimum Gasteiger partial charge on any atom is -0.508 e. The second-order valence-corrected chi connectivity index (χ2v) is 5.95. The first-order valence-corrected chi connectivity index (χ1v) is 7.70. The van der Waals surface area contributed by atoms with Crippen molar-refractivity contribution in [3.63, 3.8) is 0 Å². The van der Waals surface area contributed by atoms with E-state index in [-0.39, 0.29) is 17.4 Å². The van der Waals surface area contributed by atoms with Gasteiger partial charge in [0.05, 0.1) is 0 Å². The Labute approximate surface area is 136 Å². The van der Waals surface area contributed by atoms with Crippen LogP contribution in [0.3, 0.4) is 0 Å². The Balaban J connectivity index is 2.22. The fourth-order valence-corrected chi connectivity index (χ4v) is 2.96. The average molecular weight is 304 g/mol. The zero-order valence-corrected chi connectivity index (χ0v) is 13.3. The van der Waals surface area contributed by atoms with Crippen LogP contribution in [0.5, 0.6) is 11.5 Å². The third-order valence-electron chi connectivity index (χ3n) is 4.18. The Hall–Kier alpha value is -2.74. The highest BCUT2D eigenvalue weighted by atomic mass is 16.3. The Morgan fingerprint density at radius 1 is 0.696 bits per heavy atom. The van der Waals surface area contributed by atoms with Gasteiger partial charge in [-0.1, -0.05) is 60.2 Å². The predicted molar refractivity (Wildman–Crippen MR) is 93.1 cm³/mol. The highest BCUT2D eigenvalue weighted by Gasteiger charge is 2.20. The maximum absolute atomic E-state index is 10.4. The molecule has 116 valence electrons. The lowest BCUT2D eigenvalue weighted by atomic mass is 9.83. The molecule has 3 aromatic carbocycles. The summed E-state index contributed by atoms with van der Waals surface area (Å²) < 4.78 is 0. The second kappa shape index (κ2) is 6.17. The number of phenolic OH excluding ortho intramolecular Hbond substituents is 2. The number of hydrogen-bond donors (Lipinski definition) is 2. The zero-order chi connectivity index (χ0) is 16.4. The Morgan fingerprint density at radius 2 is 1.39 bits per heavy atom. The molecule has 0 bridgehead atoms. The molecule has 2 heteroatoms. The first-order chi connectivity index (χ1) is 11.1. The summed E-state index contributed by atoms with van der Waals surface area (Å²) in [5.74, 6) is 0.500. The van der Waals surface area contributed by atoms with Crippen LogP contribution in [0.1, 0.15) is 33.7 Å². The van der Waals surface area contributed by atoms with E-state index in [2.05, 4.69) is 12.1 Å². The molecule has 23 heavy (non-hydrogen) atoms. The number of aromatic hydroxyl groups is 2. The molecule has 2 N–H and O–H groups in total. The largest absolute Gasteiger partial charge is 0.508 e. The van der Waals surface area contributed by atoms with E-state index in [0.29, 0.717) is 0 Å². The monoisotopic (exact) mass is 304 g/mol. The van der Waals surface area contributed by atoms with Crippen molar-refractivity contribution in [1.29, 1.82) is 0 Å². The molecule has 0 spiro atoms. The van der Waals surface area contributed by atoms with Gasteiger partial charge in [0.15, 0.2) is 0 Å². The van der Waals surface area contributed by atoms with E-state index < -0.39 is 0 Å². The van der Waals surface area contributed by atoms with Gasteiger partial charge in [0.25, 0.3) is 0 Å². The lowest BCUT2D eigenvalue weighted by Crippen LogP contribution is -2.04. The van der Waals surface area contributed by atoms with E-state index in [1.54, 1.807) is 12.1 Å². The first-order valence-electron chi connectivity index (χ1n) is 7.70. The van der Waals surface area contributed by atoms with Crippen molar-refractivity contribution < 1.29 is 10.2 Å². The summed E-state index contributed by atoms with van der Waals surface area (Å²) in [5, 5.41) is 20.2. The van der Waals surface area contributed by atoms with Gasteiger partial charge in [0.2, 0.25) is 0 Å². The molecule has 0 fully saturated rings. The molecule has 0 aliphatic heterocycles. The third kappa shape index (κ3) is 3.07. The molecule has 3 aromatic rings. The summed E-state index contributed by atoms with van der Waals surface area (Å²) in [4.78, 5) is 0. The Kier molecular flexibility index (Phi) is 4.07. The summed E-state index contributed by atoms with van der Waals surface area (Å²) in [6.07, 6.45) is 0. The maximum atomic E-state index is 10.4. The molecule has 0 radical (unpaired) electrons. The fourth-order valence-electron chi connectivity index (χ4n) is 2.96. The van der Waals surface area contributed by atoms with E-state index in [1.807, 2.05) is 56.3 Å². The van der Waals surface area contributed by atoms with Crippen LogP contribution in [0.2, 0.25) is 0 Å². The van der Waals surface area contributed by atoms with Crippen molar-refractivity contribution in [2.75, 3.05) is 0 Å². The summed E-state index contributed by atoms with van der Waals surface area (Å²) in [6.45, 7) is 3.91. The number of aryl methyl sites for hydroxylation is 2. The van der Waals surface area contributed by atoms with E-state index in [0.717, 1.165) is 27.8 Å². The molecule has 1 atom stereocenters. The van der Waals surface area contributed by atoms with E-state index in [1.165, 1.54) is 0 Å². The normalized spacial score (nSPS) is 12.1. The molecule has 0 saturated carbocycles. The van der Waals surface area contributed by atoms with Gasteiger partial charge >= 0.3 is 0 Å². The Morgan fingerprint density at radius 3 is 2.09 bits per heavy atom. The molecule has 0 amide bonds. The van der Waals surface area contributed by atoms with E-state index >= 15 is 0 Å². The maximum Gasteiger partial charge on any atom is 0.119 e. The quantitative estimate of drug-likeness (QED) is 0.676. The van der Waals surface area contributed by atoms with Gasteiger partial charge in [-0.05, 0) is 42.7 Å². The van der Waals surface area contributed by atoms with Crippen LogP contribution in [0, 0.1) is 13.8 Å². The van der Waals surface area contributed by atoms with Crippen molar-refractivity contribution in [2.45, 2.75) is 19.8 Å². The minimum atomic E-state index is -0.0737. The van der Waals surface area contributed by atoms with Crippen molar-refractivity contribution in [3.8, 4) is 11.5 Å². The van der Waals surface area contributed by atoms with Crippen molar-refractivity contribution in [1.82, 2.24) is 0 Å². The van der Waals surface area contributed by atoms with E-state index in [4.69, 9.17) is 0 Å². The van der Waals surface area contributed by atoms with Gasteiger partial charge in [0, 0.05) is 11.5 Å². The lowest BCUT2D eigenvalue weighted by molar-refractivity contribution is 0.466. The van der Waals surface area contributed by atoms with Gasteiger partial charge in [-0.15, -0.1) is 0 Å². The molecule has 0 heterocycles. The number of hydrogen-bond acceptors (Lipinski definition) is 2. The molecule has 1 unspecified atom stereocenters. The van der Waals surface area contributed by atoms with Crippen LogP contribution in [0.15, 0.2) is 66.7 Å². The first kappa shape index (κ1) is 15.2. The van der Waals surface area contributed by atoms with Crippen LogP contribution < -0.4 is 0 Å². The average Bonchev–Trinajstić information content (AvgIpc) is 2.55.